The third kappa shape index (κ3) is 4.51. The minimum atomic E-state index is -1.01. The molecule has 1 heterocycles. The second kappa shape index (κ2) is 9.63. The first kappa shape index (κ1) is 23.4. The molecule has 1 aliphatic heterocycles. The zero-order chi connectivity index (χ0) is 24.3. The fraction of sp³-hybridized carbons (Fsp3) is 0.333. The third-order valence-corrected chi connectivity index (χ3v) is 6.10. The Hall–Kier alpha value is -3.74. The molecule has 1 saturated heterocycles. The highest BCUT2D eigenvalue weighted by molar-refractivity contribution is 5.93. The summed E-state index contributed by atoms with van der Waals surface area (Å²) >= 11 is 0. The van der Waals surface area contributed by atoms with Crippen molar-refractivity contribution in [3.05, 3.63) is 71.8 Å². The molecule has 3 aromatic carbocycles. The molecule has 2 atom stereocenters. The van der Waals surface area contributed by atoms with E-state index in [-0.39, 0.29) is 12.6 Å². The molecule has 4 rings (SSSR count). The number of carbonyl (C=O) groups excluding carboxylic acids is 2. The predicted octanol–water partition coefficient (Wildman–Crippen LogP) is 5.78. The highest BCUT2D eigenvalue weighted by Crippen LogP contribution is 2.38. The third-order valence-electron chi connectivity index (χ3n) is 6.10. The van der Waals surface area contributed by atoms with Crippen molar-refractivity contribution in [2.24, 2.45) is 0 Å². The van der Waals surface area contributed by atoms with Gasteiger partial charge in [-0.1, -0.05) is 55.5 Å². The monoisotopic (exact) mass is 462 g/mol. The second-order valence-corrected chi connectivity index (χ2v) is 8.64. The molecule has 0 aliphatic carbocycles. The number of amides is 3. The number of nitrogens with one attached hydrogen (secondary N) is 1. The molecule has 3 aromatic rings. The molecule has 0 radical (unpaired) electrons. The van der Waals surface area contributed by atoms with Crippen LogP contribution in [0.1, 0.15) is 44.4 Å². The molecular formula is C27H30N2O5. The molecule has 7 nitrogen and oxygen atoms in total. The van der Waals surface area contributed by atoms with Gasteiger partial charge in [0.25, 0.3) is 0 Å². The highest BCUT2D eigenvalue weighted by atomic mass is 16.6. The standard InChI is InChI=1S/C27H30N2O5/c1-5-15-33-24-16-20(13-14-23(24)32-4)27(3)17-29(26(31)34-27)25(30)28-18(2)21-12-8-10-19-9-6-7-11-22(19)21/h6-14,16,18H,5,15,17H2,1-4H3,(H,28,30)/t18-,27+/m1/s1. The van der Waals surface area contributed by atoms with Gasteiger partial charge in [0.05, 0.1) is 26.3 Å². The van der Waals surface area contributed by atoms with Crippen molar-refractivity contribution in [2.75, 3.05) is 20.3 Å². The van der Waals surface area contributed by atoms with Crippen molar-refractivity contribution >= 4 is 22.9 Å². The first-order valence-corrected chi connectivity index (χ1v) is 11.5. The number of cyclic esters (lactones) is 1. The average molecular weight is 463 g/mol. The van der Waals surface area contributed by atoms with Gasteiger partial charge in [-0.2, -0.15) is 0 Å². The summed E-state index contributed by atoms with van der Waals surface area (Å²) in [7, 11) is 1.58. The summed E-state index contributed by atoms with van der Waals surface area (Å²) in [5, 5.41) is 5.10. The van der Waals surface area contributed by atoms with E-state index in [0.717, 1.165) is 33.2 Å². The largest absolute Gasteiger partial charge is 0.493 e. The number of ether oxygens (including phenoxy) is 3. The Morgan fingerprint density at radius 1 is 1.15 bits per heavy atom. The molecular weight excluding hydrogens is 432 g/mol. The van der Waals surface area contributed by atoms with E-state index in [9.17, 15) is 9.59 Å². The number of methoxy groups -OCH3 is 1. The van der Waals surface area contributed by atoms with E-state index in [0.29, 0.717) is 18.1 Å². The van der Waals surface area contributed by atoms with E-state index < -0.39 is 17.7 Å². The molecule has 7 heteroatoms. The van der Waals surface area contributed by atoms with Gasteiger partial charge >= 0.3 is 12.1 Å². The van der Waals surface area contributed by atoms with Crippen molar-refractivity contribution in [3.8, 4) is 11.5 Å². The Morgan fingerprint density at radius 3 is 2.68 bits per heavy atom. The number of carbonyl (C=O) groups is 2. The van der Waals surface area contributed by atoms with Crippen LogP contribution in [0.4, 0.5) is 9.59 Å². The Kier molecular flexibility index (Phi) is 6.63. The van der Waals surface area contributed by atoms with Crippen molar-refractivity contribution < 1.29 is 23.8 Å². The number of hydrogen-bond donors (Lipinski definition) is 1. The summed E-state index contributed by atoms with van der Waals surface area (Å²) in [5.74, 6) is 1.18. The summed E-state index contributed by atoms with van der Waals surface area (Å²) in [6, 6.07) is 18.6. The van der Waals surface area contributed by atoms with Crippen molar-refractivity contribution in [3.63, 3.8) is 0 Å². The number of benzene rings is 3. The highest BCUT2D eigenvalue weighted by Gasteiger charge is 2.46. The molecule has 3 amide bonds. The first-order chi connectivity index (χ1) is 16.4. The van der Waals surface area contributed by atoms with Crippen LogP contribution in [-0.4, -0.2) is 37.3 Å². The van der Waals surface area contributed by atoms with Crippen LogP contribution in [0.15, 0.2) is 60.7 Å². The maximum atomic E-state index is 13.1. The van der Waals surface area contributed by atoms with E-state index in [1.165, 1.54) is 0 Å². The lowest BCUT2D eigenvalue weighted by Crippen LogP contribution is -2.42. The molecule has 0 spiro atoms. The van der Waals surface area contributed by atoms with Gasteiger partial charge in [-0.3, -0.25) is 0 Å². The minimum absolute atomic E-state index is 0.0828. The summed E-state index contributed by atoms with van der Waals surface area (Å²) < 4.78 is 16.9. The molecule has 0 unspecified atom stereocenters. The van der Waals surface area contributed by atoms with Gasteiger partial charge < -0.3 is 19.5 Å². The zero-order valence-electron chi connectivity index (χ0n) is 20.0. The van der Waals surface area contributed by atoms with E-state index in [1.54, 1.807) is 20.1 Å². The Morgan fingerprint density at radius 2 is 1.91 bits per heavy atom. The molecule has 178 valence electrons. The maximum Gasteiger partial charge on any atom is 0.419 e. The molecule has 0 aromatic heterocycles. The predicted molar refractivity (Wildman–Crippen MR) is 130 cm³/mol. The van der Waals surface area contributed by atoms with Crippen LogP contribution in [0.2, 0.25) is 0 Å². The molecule has 1 aliphatic rings. The van der Waals surface area contributed by atoms with E-state index in [1.807, 2.05) is 68.4 Å². The van der Waals surface area contributed by atoms with E-state index >= 15 is 0 Å². The SMILES string of the molecule is CCCOc1cc([C@]2(C)CN(C(=O)N[C@H](C)c3cccc4ccccc34)C(=O)O2)ccc1OC. The number of urea groups is 1. The van der Waals surface area contributed by atoms with Crippen LogP contribution in [0.3, 0.4) is 0 Å². The van der Waals surface area contributed by atoms with E-state index in [4.69, 9.17) is 14.2 Å². The number of imide groups is 1. The van der Waals surface area contributed by atoms with Gasteiger partial charge in [-0.25, -0.2) is 14.5 Å². The number of fused-ring (bicyclic) bond motifs is 1. The summed E-state index contributed by atoms with van der Waals surface area (Å²) in [5.41, 5.74) is 0.702. The second-order valence-electron chi connectivity index (χ2n) is 8.64. The van der Waals surface area contributed by atoms with Crippen LogP contribution in [0.5, 0.6) is 11.5 Å². The van der Waals surface area contributed by atoms with Gasteiger partial charge in [0.2, 0.25) is 0 Å². The maximum absolute atomic E-state index is 13.1. The van der Waals surface area contributed by atoms with Crippen molar-refractivity contribution in [1.82, 2.24) is 10.2 Å². The van der Waals surface area contributed by atoms with Crippen LogP contribution in [-0.2, 0) is 10.3 Å². The number of rotatable bonds is 7. The normalized spacial score (nSPS) is 18.5. The lowest BCUT2D eigenvalue weighted by atomic mass is 9.95. The topological polar surface area (TPSA) is 77.1 Å². The van der Waals surface area contributed by atoms with Gasteiger partial charge in [0.1, 0.15) is 0 Å². The molecule has 1 N–H and O–H groups in total. The van der Waals surface area contributed by atoms with Crippen molar-refractivity contribution in [2.45, 2.75) is 38.8 Å². The van der Waals surface area contributed by atoms with Gasteiger partial charge in [0.15, 0.2) is 17.1 Å². The zero-order valence-corrected chi connectivity index (χ0v) is 20.0. The van der Waals surface area contributed by atoms with Crippen molar-refractivity contribution in [1.29, 1.82) is 0 Å². The first-order valence-electron chi connectivity index (χ1n) is 11.5. The molecule has 1 fully saturated rings. The van der Waals surface area contributed by atoms with Gasteiger partial charge in [0, 0.05) is 5.56 Å². The summed E-state index contributed by atoms with van der Waals surface area (Å²) in [6.07, 6.45) is 0.166. The molecule has 34 heavy (non-hydrogen) atoms. The van der Waals surface area contributed by atoms with Crippen LogP contribution in [0, 0.1) is 0 Å². The van der Waals surface area contributed by atoms with Gasteiger partial charge in [-0.15, -0.1) is 0 Å². The Labute approximate surface area is 199 Å². The van der Waals surface area contributed by atoms with E-state index in [2.05, 4.69) is 5.32 Å². The lowest BCUT2D eigenvalue weighted by Gasteiger charge is -2.24. The summed E-state index contributed by atoms with van der Waals surface area (Å²) in [4.78, 5) is 26.9. The number of hydrogen-bond acceptors (Lipinski definition) is 5. The Bertz CT molecular complexity index is 1210. The fourth-order valence-corrected chi connectivity index (χ4v) is 4.25. The van der Waals surface area contributed by atoms with Crippen LogP contribution >= 0.6 is 0 Å². The quantitative estimate of drug-likeness (QED) is 0.482. The van der Waals surface area contributed by atoms with Crippen LogP contribution in [0.25, 0.3) is 10.8 Å². The lowest BCUT2D eigenvalue weighted by molar-refractivity contribution is 0.0699. The minimum Gasteiger partial charge on any atom is -0.493 e. The molecule has 0 saturated carbocycles. The number of nitrogens with zero attached hydrogens (tertiary/aromatic N) is 1. The Balaban J connectivity index is 1.52. The van der Waals surface area contributed by atoms with Gasteiger partial charge in [-0.05, 0) is 48.7 Å². The van der Waals surface area contributed by atoms with Crippen LogP contribution < -0.4 is 14.8 Å². The summed E-state index contributed by atoms with van der Waals surface area (Å²) in [6.45, 7) is 6.33. The smallest absolute Gasteiger partial charge is 0.419 e. The average Bonchev–Trinajstić information content (AvgIpc) is 3.17. The fourth-order valence-electron chi connectivity index (χ4n) is 4.25. The molecule has 0 bridgehead atoms.